The standard InChI is InChI=1S/C22H40.2C3H8.C2H6/c1-5-6-7-8-9-10-11-12-13-14-15-16-17-18-22(4)20-19-21(2)3;2*1-3-2;1-2/h19-20H,2,4-18H2,1,3H3;2*3H2,1-2H3;1-2H3/b20-19+;;;. The smallest absolute Gasteiger partial charge is 0.0285 e. The van der Waals surface area contributed by atoms with Crippen LogP contribution in [0.4, 0.5) is 0 Å². The summed E-state index contributed by atoms with van der Waals surface area (Å²) in [5.41, 5.74) is 2.34. The molecular formula is C30H62. The molecular weight excluding hydrogens is 360 g/mol. The van der Waals surface area contributed by atoms with E-state index >= 15 is 0 Å². The molecule has 0 spiro atoms. The Hall–Kier alpha value is -0.780. The van der Waals surface area contributed by atoms with Crippen LogP contribution in [0.2, 0.25) is 0 Å². The normalized spacial score (nSPS) is 9.60. The predicted molar refractivity (Wildman–Crippen MR) is 147 cm³/mol. The lowest BCUT2D eigenvalue weighted by Crippen LogP contribution is -1.84. The van der Waals surface area contributed by atoms with E-state index in [0.29, 0.717) is 0 Å². The van der Waals surface area contributed by atoms with Gasteiger partial charge >= 0.3 is 0 Å². The van der Waals surface area contributed by atoms with Gasteiger partial charge in [0.1, 0.15) is 0 Å². The van der Waals surface area contributed by atoms with E-state index in [2.05, 4.69) is 59.9 Å². The Balaban J connectivity index is -0.000000365. The molecule has 0 aromatic carbocycles. The molecule has 0 heterocycles. The predicted octanol–water partition coefficient (Wildman–Crippen LogP) is 12.0. The molecule has 30 heavy (non-hydrogen) atoms. The molecule has 0 heteroatoms. The fourth-order valence-corrected chi connectivity index (χ4v) is 2.71. The highest BCUT2D eigenvalue weighted by atomic mass is 14.0. The van der Waals surface area contributed by atoms with Gasteiger partial charge in [-0.2, -0.15) is 0 Å². The van der Waals surface area contributed by atoms with Gasteiger partial charge in [-0.05, 0) is 19.8 Å². The molecule has 0 aromatic rings. The van der Waals surface area contributed by atoms with Gasteiger partial charge in [0.2, 0.25) is 0 Å². The Labute approximate surface area is 194 Å². The van der Waals surface area contributed by atoms with Gasteiger partial charge in [-0.15, -0.1) is 0 Å². The second-order valence-corrected chi connectivity index (χ2v) is 8.24. The van der Waals surface area contributed by atoms with Crippen molar-refractivity contribution >= 4 is 0 Å². The fraction of sp³-hybridized carbons (Fsp3) is 0.800. The molecule has 0 nitrogen and oxygen atoms in total. The topological polar surface area (TPSA) is 0 Å². The monoisotopic (exact) mass is 422 g/mol. The van der Waals surface area contributed by atoms with Gasteiger partial charge in [0, 0.05) is 0 Å². The maximum atomic E-state index is 4.09. The number of allylic oxidation sites excluding steroid dienone is 4. The fourth-order valence-electron chi connectivity index (χ4n) is 2.71. The molecule has 0 saturated carbocycles. The number of hydrogen-bond acceptors (Lipinski definition) is 0. The van der Waals surface area contributed by atoms with Crippen LogP contribution in [0, 0.1) is 0 Å². The van der Waals surface area contributed by atoms with Gasteiger partial charge in [0.15, 0.2) is 0 Å². The summed E-state index contributed by atoms with van der Waals surface area (Å²) in [6.45, 7) is 24.8. The highest BCUT2D eigenvalue weighted by molar-refractivity contribution is 5.22. The number of hydrogen-bond donors (Lipinski definition) is 0. The lowest BCUT2D eigenvalue weighted by atomic mass is 10.0. The van der Waals surface area contributed by atoms with Crippen LogP contribution in [0.5, 0.6) is 0 Å². The van der Waals surface area contributed by atoms with Gasteiger partial charge in [0.05, 0.1) is 0 Å². The molecule has 0 N–H and O–H groups in total. The van der Waals surface area contributed by atoms with Crippen molar-refractivity contribution in [2.45, 2.75) is 158 Å². The first-order chi connectivity index (χ1) is 14.5. The van der Waals surface area contributed by atoms with Crippen LogP contribution in [-0.2, 0) is 0 Å². The summed E-state index contributed by atoms with van der Waals surface area (Å²) in [6, 6.07) is 0. The minimum absolute atomic E-state index is 1.10. The molecule has 0 saturated heterocycles. The van der Waals surface area contributed by atoms with Gasteiger partial charge in [0.25, 0.3) is 0 Å². The SMILES string of the molecule is C=C(C)/C=C/C(=C)CCCCCCCCCCCCCCC.CC.CCC.CCC. The van der Waals surface area contributed by atoms with Crippen LogP contribution < -0.4 is 0 Å². The van der Waals surface area contributed by atoms with E-state index < -0.39 is 0 Å². The van der Waals surface area contributed by atoms with E-state index in [1.54, 1.807) is 0 Å². The Morgan fingerprint density at radius 3 is 1.13 bits per heavy atom. The largest absolute Gasteiger partial charge is 0.0961 e. The van der Waals surface area contributed by atoms with E-state index in [0.717, 1.165) is 12.0 Å². The van der Waals surface area contributed by atoms with Crippen LogP contribution in [-0.4, -0.2) is 0 Å². The molecule has 0 fully saturated rings. The summed E-state index contributed by atoms with van der Waals surface area (Å²) in [7, 11) is 0. The third kappa shape index (κ3) is 50.7. The maximum Gasteiger partial charge on any atom is -0.0285 e. The van der Waals surface area contributed by atoms with Crippen molar-refractivity contribution < 1.29 is 0 Å². The van der Waals surface area contributed by atoms with Crippen molar-refractivity contribution in [2.24, 2.45) is 0 Å². The quantitative estimate of drug-likeness (QED) is 0.171. The van der Waals surface area contributed by atoms with Crippen molar-refractivity contribution in [1.29, 1.82) is 0 Å². The maximum absolute atomic E-state index is 4.09. The molecule has 0 aliphatic heterocycles. The second kappa shape index (κ2) is 38.8. The van der Waals surface area contributed by atoms with Crippen LogP contribution >= 0.6 is 0 Å². The molecule has 0 aliphatic rings. The average Bonchev–Trinajstić information content (AvgIpc) is 2.72. The average molecular weight is 423 g/mol. The van der Waals surface area contributed by atoms with E-state index in [1.807, 2.05) is 20.8 Å². The Kier molecular flexibility index (Phi) is 47.3. The minimum Gasteiger partial charge on any atom is -0.0961 e. The van der Waals surface area contributed by atoms with Crippen molar-refractivity contribution in [1.82, 2.24) is 0 Å². The molecule has 0 rings (SSSR count). The summed E-state index contributed by atoms with van der Waals surface area (Å²) in [6.07, 6.45) is 26.2. The lowest BCUT2D eigenvalue weighted by molar-refractivity contribution is 0.539. The van der Waals surface area contributed by atoms with Crippen LogP contribution in [0.1, 0.15) is 158 Å². The second-order valence-electron chi connectivity index (χ2n) is 8.24. The Morgan fingerprint density at radius 2 is 0.833 bits per heavy atom. The summed E-state index contributed by atoms with van der Waals surface area (Å²) >= 11 is 0. The van der Waals surface area contributed by atoms with E-state index in [4.69, 9.17) is 0 Å². The third-order valence-electron chi connectivity index (χ3n) is 4.20. The zero-order valence-electron chi connectivity index (χ0n) is 22.9. The summed E-state index contributed by atoms with van der Waals surface area (Å²) in [5.74, 6) is 0. The highest BCUT2D eigenvalue weighted by Crippen LogP contribution is 2.14. The molecule has 0 radical (unpaired) electrons. The van der Waals surface area contributed by atoms with Gasteiger partial charge < -0.3 is 0 Å². The zero-order valence-corrected chi connectivity index (χ0v) is 22.9. The van der Waals surface area contributed by atoms with Crippen molar-refractivity contribution in [3.05, 3.63) is 36.5 Å². The summed E-state index contributed by atoms with van der Waals surface area (Å²) in [4.78, 5) is 0. The summed E-state index contributed by atoms with van der Waals surface area (Å²) < 4.78 is 0. The van der Waals surface area contributed by atoms with Gasteiger partial charge in [-0.3, -0.25) is 0 Å². The van der Waals surface area contributed by atoms with Gasteiger partial charge in [-0.1, -0.05) is 175 Å². The minimum atomic E-state index is 1.10. The Bertz CT molecular complexity index is 319. The van der Waals surface area contributed by atoms with E-state index in [1.165, 1.54) is 102 Å². The van der Waals surface area contributed by atoms with Crippen molar-refractivity contribution in [3.63, 3.8) is 0 Å². The molecule has 0 amide bonds. The number of rotatable bonds is 16. The first-order valence-electron chi connectivity index (χ1n) is 13.5. The summed E-state index contributed by atoms with van der Waals surface area (Å²) in [5, 5.41) is 0. The van der Waals surface area contributed by atoms with Crippen LogP contribution in [0.25, 0.3) is 0 Å². The Morgan fingerprint density at radius 1 is 0.533 bits per heavy atom. The molecule has 0 aromatic heterocycles. The van der Waals surface area contributed by atoms with Crippen LogP contribution in [0.15, 0.2) is 36.5 Å². The van der Waals surface area contributed by atoms with E-state index in [9.17, 15) is 0 Å². The molecule has 0 atom stereocenters. The first-order valence-corrected chi connectivity index (χ1v) is 13.5. The molecule has 0 bridgehead atoms. The van der Waals surface area contributed by atoms with Crippen molar-refractivity contribution in [2.75, 3.05) is 0 Å². The zero-order chi connectivity index (χ0) is 23.9. The van der Waals surface area contributed by atoms with Gasteiger partial charge in [-0.25, -0.2) is 0 Å². The lowest BCUT2D eigenvalue weighted by Gasteiger charge is -2.03. The van der Waals surface area contributed by atoms with E-state index in [-0.39, 0.29) is 0 Å². The molecule has 0 aliphatic carbocycles. The third-order valence-corrected chi connectivity index (χ3v) is 4.20. The number of unbranched alkanes of at least 4 members (excludes halogenated alkanes) is 12. The molecule has 0 unspecified atom stereocenters. The molecule has 182 valence electrons. The first kappa shape index (κ1) is 36.6. The highest BCUT2D eigenvalue weighted by Gasteiger charge is 1.94. The van der Waals surface area contributed by atoms with Crippen molar-refractivity contribution in [3.8, 4) is 0 Å². The van der Waals surface area contributed by atoms with Crippen LogP contribution in [0.3, 0.4) is 0 Å².